The van der Waals surface area contributed by atoms with Crippen LogP contribution in [0.25, 0.3) is 0 Å². The molecule has 0 saturated heterocycles. The van der Waals surface area contributed by atoms with E-state index in [1.165, 1.54) is 18.1 Å². The molecule has 2 aromatic rings. The molecule has 5 nitrogen and oxygen atoms in total. The van der Waals surface area contributed by atoms with Gasteiger partial charge in [-0.2, -0.15) is 0 Å². The summed E-state index contributed by atoms with van der Waals surface area (Å²) in [6, 6.07) is 0. The van der Waals surface area contributed by atoms with Gasteiger partial charge in [-0.25, -0.2) is 15.0 Å². The molecule has 0 aliphatic carbocycles. The van der Waals surface area contributed by atoms with E-state index < -0.39 is 0 Å². The third kappa shape index (κ3) is 3.23. The van der Waals surface area contributed by atoms with Crippen LogP contribution in [-0.2, 0) is 0 Å². The molecule has 0 aliphatic heterocycles. The van der Waals surface area contributed by atoms with Crippen LogP contribution in [0, 0.1) is 6.92 Å². The number of anilines is 1. The summed E-state index contributed by atoms with van der Waals surface area (Å²) in [6.45, 7) is 4.86. The maximum absolute atomic E-state index is 5.29. The van der Waals surface area contributed by atoms with Crippen LogP contribution < -0.4 is 5.32 Å². The Balaban J connectivity index is 2.17. The van der Waals surface area contributed by atoms with E-state index >= 15 is 0 Å². The Kier molecular flexibility index (Phi) is 4.60. The van der Waals surface area contributed by atoms with Gasteiger partial charge in [-0.05, 0) is 41.0 Å². The number of hydrogen-bond donors (Lipinski definition) is 1. The molecule has 0 saturated carbocycles. The Bertz CT molecular complexity index is 532. The third-order valence-corrected chi connectivity index (χ3v) is 3.96. The molecular formula is C11H13BrN4OS. The highest BCUT2D eigenvalue weighted by molar-refractivity contribution is 9.10. The highest BCUT2D eigenvalue weighted by Gasteiger charge is 2.12. The van der Waals surface area contributed by atoms with Gasteiger partial charge in [0.1, 0.15) is 23.4 Å². The van der Waals surface area contributed by atoms with Gasteiger partial charge in [-0.15, -0.1) is 0 Å². The lowest BCUT2D eigenvalue weighted by Gasteiger charge is -2.07. The molecule has 18 heavy (non-hydrogen) atoms. The number of halogens is 1. The van der Waals surface area contributed by atoms with Crippen molar-refractivity contribution in [2.45, 2.75) is 30.5 Å². The molecule has 2 heterocycles. The zero-order valence-corrected chi connectivity index (χ0v) is 12.5. The molecule has 0 bridgehead atoms. The number of aryl methyl sites for hydroxylation is 1. The van der Waals surface area contributed by atoms with Crippen molar-refractivity contribution in [2.75, 3.05) is 11.9 Å². The monoisotopic (exact) mass is 328 g/mol. The predicted octanol–water partition coefficient (Wildman–Crippen LogP) is 3.51. The van der Waals surface area contributed by atoms with Gasteiger partial charge in [0, 0.05) is 6.54 Å². The predicted molar refractivity (Wildman–Crippen MR) is 73.9 cm³/mol. The van der Waals surface area contributed by atoms with Crippen molar-refractivity contribution in [2.24, 2.45) is 0 Å². The minimum Gasteiger partial charge on any atom is -0.439 e. The van der Waals surface area contributed by atoms with Crippen LogP contribution in [0.15, 0.2) is 31.7 Å². The Morgan fingerprint density at radius 1 is 1.44 bits per heavy atom. The second-order valence-corrected chi connectivity index (χ2v) is 5.36. The minimum atomic E-state index is 0.577. The fourth-order valence-corrected chi connectivity index (χ4v) is 2.58. The lowest BCUT2D eigenvalue weighted by molar-refractivity contribution is 0.453. The van der Waals surface area contributed by atoms with Gasteiger partial charge in [-0.1, -0.05) is 6.92 Å². The van der Waals surface area contributed by atoms with Crippen molar-refractivity contribution in [1.82, 2.24) is 15.0 Å². The van der Waals surface area contributed by atoms with E-state index in [-0.39, 0.29) is 0 Å². The summed E-state index contributed by atoms with van der Waals surface area (Å²) in [6.07, 6.45) is 4.19. The maximum Gasteiger partial charge on any atom is 0.262 e. The molecular weight excluding hydrogens is 316 g/mol. The molecule has 2 rings (SSSR count). The maximum atomic E-state index is 5.29. The number of oxazole rings is 1. The topological polar surface area (TPSA) is 63.8 Å². The Morgan fingerprint density at radius 3 is 2.94 bits per heavy atom. The molecule has 0 unspecified atom stereocenters. The molecule has 7 heteroatoms. The first kappa shape index (κ1) is 13.4. The van der Waals surface area contributed by atoms with E-state index in [1.54, 1.807) is 6.26 Å². The summed E-state index contributed by atoms with van der Waals surface area (Å²) >= 11 is 4.86. The smallest absolute Gasteiger partial charge is 0.262 e. The third-order valence-electron chi connectivity index (χ3n) is 2.08. The molecule has 0 fully saturated rings. The summed E-state index contributed by atoms with van der Waals surface area (Å²) in [5.41, 5.74) is 0.854. The van der Waals surface area contributed by atoms with Gasteiger partial charge >= 0.3 is 0 Å². The summed E-state index contributed by atoms with van der Waals surface area (Å²) in [7, 11) is 0. The summed E-state index contributed by atoms with van der Waals surface area (Å²) in [5, 5.41) is 4.59. The standard InChI is InChI=1S/C11H13BrN4OS/c1-3-4-13-9-8(12)10(15-6-14-9)18-11-16-7(2)5-17-11/h5-6H,3-4H2,1-2H3,(H,13,14,15). The summed E-state index contributed by atoms with van der Waals surface area (Å²) in [5.74, 6) is 0.789. The van der Waals surface area contributed by atoms with E-state index in [9.17, 15) is 0 Å². The van der Waals surface area contributed by atoms with Crippen molar-refractivity contribution >= 4 is 33.5 Å². The van der Waals surface area contributed by atoms with E-state index in [0.717, 1.165) is 34.0 Å². The lowest BCUT2D eigenvalue weighted by atomic mass is 10.4. The summed E-state index contributed by atoms with van der Waals surface area (Å²) < 4.78 is 6.13. The van der Waals surface area contributed by atoms with Gasteiger partial charge in [0.2, 0.25) is 0 Å². The van der Waals surface area contributed by atoms with Crippen molar-refractivity contribution < 1.29 is 4.42 Å². The van der Waals surface area contributed by atoms with E-state index in [0.29, 0.717) is 5.22 Å². The molecule has 0 radical (unpaired) electrons. The van der Waals surface area contributed by atoms with E-state index in [2.05, 4.69) is 43.1 Å². The lowest BCUT2D eigenvalue weighted by Crippen LogP contribution is -2.03. The minimum absolute atomic E-state index is 0.577. The Labute approximate surface area is 118 Å². The average Bonchev–Trinajstić information content (AvgIpc) is 2.76. The van der Waals surface area contributed by atoms with Crippen LogP contribution in [0.2, 0.25) is 0 Å². The first-order valence-corrected chi connectivity index (χ1v) is 7.16. The Hall–Kier alpha value is -1.08. The van der Waals surface area contributed by atoms with E-state index in [4.69, 9.17) is 4.42 Å². The molecule has 96 valence electrons. The molecule has 0 aliphatic rings. The molecule has 0 spiro atoms. The zero-order valence-electron chi connectivity index (χ0n) is 10.1. The van der Waals surface area contributed by atoms with Gasteiger partial charge < -0.3 is 9.73 Å². The molecule has 0 atom stereocenters. The fourth-order valence-electron chi connectivity index (χ4n) is 1.25. The van der Waals surface area contributed by atoms with Crippen LogP contribution >= 0.6 is 27.7 Å². The number of nitrogens with zero attached hydrogens (tertiary/aromatic N) is 3. The highest BCUT2D eigenvalue weighted by Crippen LogP contribution is 2.34. The van der Waals surface area contributed by atoms with Crippen LogP contribution in [0.4, 0.5) is 5.82 Å². The molecule has 2 aromatic heterocycles. The number of nitrogens with one attached hydrogen (secondary N) is 1. The number of rotatable bonds is 5. The second-order valence-electron chi connectivity index (χ2n) is 3.63. The van der Waals surface area contributed by atoms with Gasteiger partial charge in [0.05, 0.1) is 10.2 Å². The van der Waals surface area contributed by atoms with E-state index in [1.807, 2.05) is 6.92 Å². The quantitative estimate of drug-likeness (QED) is 0.847. The number of aromatic nitrogens is 3. The van der Waals surface area contributed by atoms with Crippen molar-refractivity contribution in [3.05, 3.63) is 22.8 Å². The van der Waals surface area contributed by atoms with Gasteiger partial charge in [0.15, 0.2) is 0 Å². The van der Waals surface area contributed by atoms with Gasteiger partial charge in [-0.3, -0.25) is 0 Å². The SMILES string of the molecule is CCCNc1ncnc(Sc2nc(C)co2)c1Br. The average molecular weight is 329 g/mol. The van der Waals surface area contributed by atoms with Crippen molar-refractivity contribution in [3.8, 4) is 0 Å². The molecule has 1 N–H and O–H groups in total. The highest BCUT2D eigenvalue weighted by atomic mass is 79.9. The van der Waals surface area contributed by atoms with Crippen molar-refractivity contribution in [3.63, 3.8) is 0 Å². The van der Waals surface area contributed by atoms with Crippen LogP contribution in [0.5, 0.6) is 0 Å². The molecule has 0 amide bonds. The Morgan fingerprint density at radius 2 is 2.28 bits per heavy atom. The van der Waals surface area contributed by atoms with Crippen LogP contribution in [0.1, 0.15) is 19.0 Å². The fraction of sp³-hybridized carbons (Fsp3) is 0.364. The largest absolute Gasteiger partial charge is 0.439 e. The normalized spacial score (nSPS) is 10.6. The zero-order chi connectivity index (χ0) is 13.0. The first-order valence-electron chi connectivity index (χ1n) is 5.55. The van der Waals surface area contributed by atoms with Gasteiger partial charge in [0.25, 0.3) is 5.22 Å². The second kappa shape index (κ2) is 6.19. The summed E-state index contributed by atoms with van der Waals surface area (Å²) in [4.78, 5) is 12.6. The molecule has 0 aromatic carbocycles. The van der Waals surface area contributed by atoms with Crippen LogP contribution in [-0.4, -0.2) is 21.5 Å². The first-order chi connectivity index (χ1) is 8.70. The number of hydrogen-bond acceptors (Lipinski definition) is 6. The van der Waals surface area contributed by atoms with Crippen LogP contribution in [0.3, 0.4) is 0 Å². The van der Waals surface area contributed by atoms with Crippen molar-refractivity contribution in [1.29, 1.82) is 0 Å².